The number of hydrogen-bond acceptors (Lipinski definition) is 2. The molecule has 4 heteroatoms. The van der Waals surface area contributed by atoms with E-state index in [0.29, 0.717) is 17.3 Å². The third-order valence-electron chi connectivity index (χ3n) is 4.96. The maximum Gasteiger partial charge on any atom is 0.159 e. The van der Waals surface area contributed by atoms with Crippen LogP contribution in [0.1, 0.15) is 56.9 Å². The highest BCUT2D eigenvalue weighted by Crippen LogP contribution is 2.36. The van der Waals surface area contributed by atoms with Gasteiger partial charge in [-0.2, -0.15) is 0 Å². The fourth-order valence-electron chi connectivity index (χ4n) is 3.43. The number of hydrogen-bond donors (Lipinski definition) is 0. The van der Waals surface area contributed by atoms with Crippen molar-refractivity contribution in [1.29, 1.82) is 0 Å². The molecule has 3 rings (SSSR count). The first kappa shape index (κ1) is 18.1. The van der Waals surface area contributed by atoms with Crippen LogP contribution in [0, 0.1) is 11.7 Å². The Bertz CT molecular complexity index is 719. The van der Waals surface area contributed by atoms with Crippen LogP contribution in [0.4, 0.5) is 4.39 Å². The Kier molecular flexibility index (Phi) is 6.19. The number of nitrogens with zero attached hydrogens (tertiary/aromatic N) is 2. The Morgan fingerprint density at radius 3 is 2.52 bits per heavy atom. The van der Waals surface area contributed by atoms with Crippen LogP contribution in [-0.4, -0.2) is 9.97 Å². The Hall–Kier alpha value is -1.74. The van der Waals surface area contributed by atoms with Crippen molar-refractivity contribution in [2.45, 2.75) is 51.4 Å². The van der Waals surface area contributed by atoms with Gasteiger partial charge in [0.1, 0.15) is 5.82 Å². The quantitative estimate of drug-likeness (QED) is 0.565. The maximum atomic E-state index is 13.6. The van der Waals surface area contributed by atoms with Gasteiger partial charge in [-0.1, -0.05) is 37.1 Å². The summed E-state index contributed by atoms with van der Waals surface area (Å²) in [5.41, 5.74) is 1.84. The molecule has 0 atom stereocenters. The van der Waals surface area contributed by atoms with Crippen LogP contribution in [0.15, 0.2) is 42.7 Å². The molecule has 2 aromatic rings. The topological polar surface area (TPSA) is 25.8 Å². The minimum absolute atomic E-state index is 0.116. The van der Waals surface area contributed by atoms with Crippen molar-refractivity contribution in [3.63, 3.8) is 0 Å². The van der Waals surface area contributed by atoms with Crippen LogP contribution < -0.4 is 0 Å². The van der Waals surface area contributed by atoms with E-state index < -0.39 is 5.82 Å². The second-order valence-corrected chi connectivity index (χ2v) is 7.20. The zero-order valence-corrected chi connectivity index (χ0v) is 15.3. The summed E-state index contributed by atoms with van der Waals surface area (Å²) in [7, 11) is 0. The molecular weight excluding hydrogens is 335 g/mol. The van der Waals surface area contributed by atoms with Gasteiger partial charge < -0.3 is 0 Å². The highest BCUT2D eigenvalue weighted by atomic mass is 35.5. The Morgan fingerprint density at radius 1 is 1.16 bits per heavy atom. The summed E-state index contributed by atoms with van der Waals surface area (Å²) in [4.78, 5) is 8.88. The summed E-state index contributed by atoms with van der Waals surface area (Å²) in [6.07, 6.45) is 15.7. The highest BCUT2D eigenvalue weighted by Gasteiger charge is 2.21. The van der Waals surface area contributed by atoms with E-state index in [1.54, 1.807) is 6.07 Å². The van der Waals surface area contributed by atoms with E-state index >= 15 is 0 Å². The van der Waals surface area contributed by atoms with Gasteiger partial charge in [-0.25, -0.2) is 14.4 Å². The molecule has 0 N–H and O–H groups in total. The first-order chi connectivity index (χ1) is 12.2. The number of unbranched alkanes of at least 4 members (excludes halogenated alkanes) is 1. The third-order valence-corrected chi connectivity index (χ3v) is 5.26. The van der Waals surface area contributed by atoms with Crippen molar-refractivity contribution in [1.82, 2.24) is 9.97 Å². The van der Waals surface area contributed by atoms with Gasteiger partial charge in [-0.3, -0.25) is 0 Å². The molecule has 1 saturated carbocycles. The second kappa shape index (κ2) is 8.57. The lowest BCUT2D eigenvalue weighted by molar-refractivity contribution is 0.374. The number of benzene rings is 1. The standard InChI is InChI=1S/C21H24ClFN2/c1-2-3-4-5-15-6-8-16(9-7-15)18-13-24-21(25-14-18)17-10-11-19(22)20(23)12-17/h4-5,10-16H,2-3,6-9H2,1H3. The van der Waals surface area contributed by atoms with E-state index in [-0.39, 0.29) is 5.02 Å². The fourth-order valence-corrected chi connectivity index (χ4v) is 3.55. The number of halogens is 2. The zero-order chi connectivity index (χ0) is 17.6. The fraction of sp³-hybridized carbons (Fsp3) is 0.429. The summed E-state index contributed by atoms with van der Waals surface area (Å²) in [6, 6.07) is 4.66. The predicted molar refractivity (Wildman–Crippen MR) is 101 cm³/mol. The zero-order valence-electron chi connectivity index (χ0n) is 14.6. The SMILES string of the molecule is CCCC=CC1CCC(c2cnc(-c3ccc(Cl)c(F)c3)nc2)CC1. The molecule has 1 aliphatic rings. The summed E-state index contributed by atoms with van der Waals surface area (Å²) < 4.78 is 13.6. The molecule has 132 valence electrons. The van der Waals surface area contributed by atoms with E-state index in [1.807, 2.05) is 12.4 Å². The van der Waals surface area contributed by atoms with Gasteiger partial charge in [-0.15, -0.1) is 0 Å². The lowest BCUT2D eigenvalue weighted by Crippen LogP contribution is -2.12. The number of allylic oxidation sites excluding steroid dienone is 2. The van der Waals surface area contributed by atoms with E-state index in [1.165, 1.54) is 56.2 Å². The van der Waals surface area contributed by atoms with Gasteiger partial charge in [0, 0.05) is 18.0 Å². The number of aromatic nitrogens is 2. The summed E-state index contributed by atoms with van der Waals surface area (Å²) in [5.74, 6) is 1.35. The van der Waals surface area contributed by atoms with Gasteiger partial charge in [0.05, 0.1) is 5.02 Å². The minimum atomic E-state index is -0.443. The van der Waals surface area contributed by atoms with Crippen molar-refractivity contribution >= 4 is 11.6 Å². The van der Waals surface area contributed by atoms with Crippen molar-refractivity contribution in [3.05, 3.63) is 59.1 Å². The van der Waals surface area contributed by atoms with Gasteiger partial charge in [0.15, 0.2) is 5.82 Å². The molecule has 1 aliphatic carbocycles. The van der Waals surface area contributed by atoms with Crippen LogP contribution in [0.5, 0.6) is 0 Å². The van der Waals surface area contributed by atoms with Crippen molar-refractivity contribution < 1.29 is 4.39 Å². The molecule has 25 heavy (non-hydrogen) atoms. The first-order valence-corrected chi connectivity index (χ1v) is 9.49. The van der Waals surface area contributed by atoms with Crippen molar-refractivity contribution in [2.75, 3.05) is 0 Å². The molecule has 0 saturated heterocycles. The Labute approximate surface area is 154 Å². The van der Waals surface area contributed by atoms with Gasteiger partial charge >= 0.3 is 0 Å². The minimum Gasteiger partial charge on any atom is -0.236 e. The van der Waals surface area contributed by atoms with Gasteiger partial charge in [0.25, 0.3) is 0 Å². The van der Waals surface area contributed by atoms with E-state index in [4.69, 9.17) is 11.6 Å². The molecule has 1 fully saturated rings. The molecule has 1 aromatic carbocycles. The molecule has 0 unspecified atom stereocenters. The van der Waals surface area contributed by atoms with E-state index in [2.05, 4.69) is 29.0 Å². The summed E-state index contributed by atoms with van der Waals surface area (Å²) in [5, 5.41) is 0.116. The van der Waals surface area contributed by atoms with E-state index in [0.717, 1.165) is 5.92 Å². The van der Waals surface area contributed by atoms with Crippen LogP contribution in [0.2, 0.25) is 5.02 Å². The molecule has 0 amide bonds. The largest absolute Gasteiger partial charge is 0.236 e. The van der Waals surface area contributed by atoms with Crippen molar-refractivity contribution in [2.24, 2.45) is 5.92 Å². The smallest absolute Gasteiger partial charge is 0.159 e. The van der Waals surface area contributed by atoms with Crippen LogP contribution in [0.25, 0.3) is 11.4 Å². The van der Waals surface area contributed by atoms with Crippen LogP contribution in [-0.2, 0) is 0 Å². The molecule has 0 bridgehead atoms. The molecule has 2 nitrogen and oxygen atoms in total. The average Bonchev–Trinajstić information content (AvgIpc) is 2.65. The first-order valence-electron chi connectivity index (χ1n) is 9.11. The maximum absolute atomic E-state index is 13.6. The summed E-state index contributed by atoms with van der Waals surface area (Å²) >= 11 is 5.73. The molecule has 0 aliphatic heterocycles. The Balaban J connectivity index is 1.62. The lowest BCUT2D eigenvalue weighted by Gasteiger charge is -2.26. The Morgan fingerprint density at radius 2 is 1.88 bits per heavy atom. The summed E-state index contributed by atoms with van der Waals surface area (Å²) in [6.45, 7) is 2.21. The molecule has 0 radical (unpaired) electrons. The second-order valence-electron chi connectivity index (χ2n) is 6.80. The van der Waals surface area contributed by atoms with Gasteiger partial charge in [0.2, 0.25) is 0 Å². The van der Waals surface area contributed by atoms with Crippen LogP contribution in [0.3, 0.4) is 0 Å². The van der Waals surface area contributed by atoms with E-state index in [9.17, 15) is 4.39 Å². The molecule has 0 spiro atoms. The third kappa shape index (κ3) is 4.66. The lowest BCUT2D eigenvalue weighted by atomic mass is 9.79. The van der Waals surface area contributed by atoms with Crippen LogP contribution >= 0.6 is 11.6 Å². The van der Waals surface area contributed by atoms with Crippen molar-refractivity contribution in [3.8, 4) is 11.4 Å². The average molecular weight is 359 g/mol. The number of rotatable bonds is 5. The molecular formula is C21H24ClFN2. The monoisotopic (exact) mass is 358 g/mol. The predicted octanol–water partition coefficient (Wildman–Crippen LogP) is 6.57. The normalized spacial score (nSPS) is 20.9. The highest BCUT2D eigenvalue weighted by molar-refractivity contribution is 6.30. The van der Waals surface area contributed by atoms with Gasteiger partial charge in [-0.05, 0) is 67.7 Å². The molecule has 1 heterocycles. The molecule has 1 aromatic heterocycles.